The largest absolute Gasteiger partial charge is 0.497 e. The van der Waals surface area contributed by atoms with E-state index in [1.165, 1.54) is 0 Å². The van der Waals surface area contributed by atoms with Gasteiger partial charge < -0.3 is 39.4 Å². The molecule has 1 saturated heterocycles. The number of hydrogen-bond donors (Lipinski definition) is 4. The van der Waals surface area contributed by atoms with Crippen LogP contribution in [0.3, 0.4) is 0 Å². The molecule has 0 bridgehead atoms. The van der Waals surface area contributed by atoms with Crippen LogP contribution in [0, 0.1) is 0 Å². The maximum atomic E-state index is 9.98. The first-order valence-electron chi connectivity index (χ1n) is 7.52. The fourth-order valence-corrected chi connectivity index (χ4v) is 2.62. The van der Waals surface area contributed by atoms with Gasteiger partial charge in [-0.15, -0.1) is 0 Å². The third-order valence-electron chi connectivity index (χ3n) is 4.01. The second-order valence-corrected chi connectivity index (χ2v) is 5.58. The molecule has 0 aromatic heterocycles. The van der Waals surface area contributed by atoms with E-state index in [4.69, 9.17) is 18.9 Å². The van der Waals surface area contributed by atoms with Crippen LogP contribution in [0.2, 0.25) is 0 Å². The molecule has 2 aliphatic heterocycles. The smallest absolute Gasteiger partial charge is 0.222 e. The monoisotopic (exact) mass is 340 g/mol. The number of aliphatic hydroxyl groups excluding tert-OH is 4. The molecule has 0 aliphatic carbocycles. The fourth-order valence-electron chi connectivity index (χ4n) is 2.62. The standard InChI is InChI=1S/C16H20O8/c1-21-9-3-4-10-8(6-9)2-5-12(22-10)24-16-15(20)14(19)13(18)11(7-17)23-16/h2-6,11-20H,7H2,1H3/t11-,12?,13-,14+,15-,16+/m1/s1. The lowest BCUT2D eigenvalue weighted by Gasteiger charge is -2.40. The van der Waals surface area contributed by atoms with Crippen molar-refractivity contribution in [1.29, 1.82) is 0 Å². The number of methoxy groups -OCH3 is 1. The third kappa shape index (κ3) is 3.25. The predicted molar refractivity (Wildman–Crippen MR) is 81.3 cm³/mol. The van der Waals surface area contributed by atoms with Crippen molar-refractivity contribution in [3.05, 3.63) is 29.8 Å². The van der Waals surface area contributed by atoms with E-state index in [0.29, 0.717) is 11.5 Å². The molecular weight excluding hydrogens is 320 g/mol. The molecule has 8 nitrogen and oxygen atoms in total. The predicted octanol–water partition coefficient (Wildman–Crippen LogP) is -0.757. The Morgan fingerprint density at radius 3 is 2.62 bits per heavy atom. The first-order valence-corrected chi connectivity index (χ1v) is 7.52. The van der Waals surface area contributed by atoms with Crippen molar-refractivity contribution in [2.75, 3.05) is 13.7 Å². The average Bonchev–Trinajstić information content (AvgIpc) is 2.61. The number of rotatable bonds is 4. The van der Waals surface area contributed by atoms with E-state index >= 15 is 0 Å². The minimum atomic E-state index is -1.50. The van der Waals surface area contributed by atoms with E-state index < -0.39 is 43.6 Å². The van der Waals surface area contributed by atoms with Gasteiger partial charge in [0.2, 0.25) is 6.29 Å². The van der Waals surface area contributed by atoms with E-state index in [1.54, 1.807) is 37.5 Å². The highest BCUT2D eigenvalue weighted by Gasteiger charge is 2.45. The Morgan fingerprint density at radius 1 is 1.12 bits per heavy atom. The van der Waals surface area contributed by atoms with Crippen molar-refractivity contribution < 1.29 is 39.4 Å². The average molecular weight is 340 g/mol. The summed E-state index contributed by atoms with van der Waals surface area (Å²) in [4.78, 5) is 0. The molecule has 1 aromatic carbocycles. The minimum Gasteiger partial charge on any atom is -0.497 e. The maximum absolute atomic E-state index is 9.98. The number of ether oxygens (including phenoxy) is 4. The molecule has 0 saturated carbocycles. The summed E-state index contributed by atoms with van der Waals surface area (Å²) in [5, 5.41) is 38.7. The van der Waals surface area contributed by atoms with E-state index in [1.807, 2.05) is 0 Å². The summed E-state index contributed by atoms with van der Waals surface area (Å²) in [5.41, 5.74) is 0.808. The highest BCUT2D eigenvalue weighted by atomic mass is 16.8. The summed E-state index contributed by atoms with van der Waals surface area (Å²) in [6, 6.07) is 5.26. The normalized spacial score (nSPS) is 35.2. The summed E-state index contributed by atoms with van der Waals surface area (Å²) in [6.45, 7) is -0.519. The zero-order chi connectivity index (χ0) is 17.3. The molecule has 0 radical (unpaired) electrons. The zero-order valence-corrected chi connectivity index (χ0v) is 13.0. The van der Waals surface area contributed by atoms with Crippen LogP contribution in [0.5, 0.6) is 11.5 Å². The Balaban J connectivity index is 1.69. The molecule has 1 unspecified atom stereocenters. The van der Waals surface area contributed by atoms with Crippen LogP contribution < -0.4 is 9.47 Å². The quantitative estimate of drug-likeness (QED) is 0.565. The highest BCUT2D eigenvalue weighted by Crippen LogP contribution is 2.31. The summed E-state index contributed by atoms with van der Waals surface area (Å²) in [5.74, 6) is 1.25. The lowest BCUT2D eigenvalue weighted by Crippen LogP contribution is -2.59. The molecule has 0 spiro atoms. The van der Waals surface area contributed by atoms with Crippen LogP contribution in [0.4, 0.5) is 0 Å². The zero-order valence-electron chi connectivity index (χ0n) is 13.0. The van der Waals surface area contributed by atoms with Gasteiger partial charge in [0.1, 0.15) is 35.9 Å². The molecule has 2 aliphatic rings. The molecular formula is C16H20O8. The second-order valence-electron chi connectivity index (χ2n) is 5.58. The van der Waals surface area contributed by atoms with E-state index in [2.05, 4.69) is 0 Å². The molecule has 1 aromatic rings. The topological polar surface area (TPSA) is 118 Å². The van der Waals surface area contributed by atoms with Gasteiger partial charge in [-0.25, -0.2) is 0 Å². The minimum absolute atomic E-state index is 0.519. The van der Waals surface area contributed by atoms with Gasteiger partial charge in [0.05, 0.1) is 13.7 Å². The van der Waals surface area contributed by atoms with E-state index in [9.17, 15) is 20.4 Å². The SMILES string of the molecule is COc1ccc2c(c1)C=CC(O[C@@H]1O[C@H](CO)[C@@H](O)[C@H](O)[C@H]1O)O2. The van der Waals surface area contributed by atoms with E-state index in [-0.39, 0.29) is 0 Å². The third-order valence-corrected chi connectivity index (χ3v) is 4.01. The molecule has 8 heteroatoms. The van der Waals surface area contributed by atoms with Gasteiger partial charge in [0.15, 0.2) is 6.29 Å². The van der Waals surface area contributed by atoms with Gasteiger partial charge in [-0.3, -0.25) is 0 Å². The van der Waals surface area contributed by atoms with Crippen LogP contribution in [0.15, 0.2) is 24.3 Å². The Kier molecular flexibility index (Phi) is 5.04. The summed E-state index contributed by atoms with van der Waals surface area (Å²) in [7, 11) is 1.57. The van der Waals surface area contributed by atoms with Crippen LogP contribution in [0.1, 0.15) is 5.56 Å². The van der Waals surface area contributed by atoms with E-state index in [0.717, 1.165) is 5.56 Å². The number of hydrogen-bond acceptors (Lipinski definition) is 8. The summed E-state index contributed by atoms with van der Waals surface area (Å²) in [6.07, 6.45) is -4.15. The van der Waals surface area contributed by atoms with Crippen LogP contribution in [-0.4, -0.2) is 71.1 Å². The summed E-state index contributed by atoms with van der Waals surface area (Å²) >= 11 is 0. The Hall–Kier alpha value is -1.68. The van der Waals surface area contributed by atoms with Crippen LogP contribution in [-0.2, 0) is 9.47 Å². The molecule has 6 atom stereocenters. The Labute approximate surface area is 138 Å². The number of aliphatic hydroxyl groups is 4. The molecule has 3 rings (SSSR count). The molecule has 4 N–H and O–H groups in total. The molecule has 1 fully saturated rings. The maximum Gasteiger partial charge on any atom is 0.222 e. The second kappa shape index (κ2) is 7.06. The van der Waals surface area contributed by atoms with Crippen molar-refractivity contribution in [3.63, 3.8) is 0 Å². The van der Waals surface area contributed by atoms with Crippen LogP contribution >= 0.6 is 0 Å². The lowest BCUT2D eigenvalue weighted by atomic mass is 9.99. The van der Waals surface area contributed by atoms with Crippen molar-refractivity contribution in [1.82, 2.24) is 0 Å². The fraction of sp³-hybridized carbons (Fsp3) is 0.500. The summed E-state index contributed by atoms with van der Waals surface area (Å²) < 4.78 is 21.6. The molecule has 2 heterocycles. The lowest BCUT2D eigenvalue weighted by molar-refractivity contribution is -0.321. The Bertz CT molecular complexity index is 602. The van der Waals surface area contributed by atoms with Gasteiger partial charge in [-0.1, -0.05) is 0 Å². The number of fused-ring (bicyclic) bond motifs is 1. The first kappa shape index (κ1) is 17.2. The molecule has 132 valence electrons. The Morgan fingerprint density at radius 2 is 1.92 bits per heavy atom. The first-order chi connectivity index (χ1) is 11.5. The van der Waals surface area contributed by atoms with Crippen molar-refractivity contribution in [3.8, 4) is 11.5 Å². The van der Waals surface area contributed by atoms with Crippen molar-refractivity contribution >= 4 is 6.08 Å². The molecule has 0 amide bonds. The van der Waals surface area contributed by atoms with Crippen molar-refractivity contribution in [2.24, 2.45) is 0 Å². The van der Waals surface area contributed by atoms with Gasteiger partial charge in [-0.2, -0.15) is 0 Å². The van der Waals surface area contributed by atoms with Crippen molar-refractivity contribution in [2.45, 2.75) is 37.0 Å². The van der Waals surface area contributed by atoms with Gasteiger partial charge in [0, 0.05) is 5.56 Å². The number of benzene rings is 1. The highest BCUT2D eigenvalue weighted by molar-refractivity contribution is 5.61. The molecule has 24 heavy (non-hydrogen) atoms. The van der Waals surface area contributed by atoms with Gasteiger partial charge in [0.25, 0.3) is 0 Å². The van der Waals surface area contributed by atoms with Gasteiger partial charge in [-0.05, 0) is 30.4 Å². The van der Waals surface area contributed by atoms with Crippen LogP contribution in [0.25, 0.3) is 6.08 Å². The van der Waals surface area contributed by atoms with Gasteiger partial charge >= 0.3 is 0 Å².